The Kier molecular flexibility index (Phi) is 3.44. The molecule has 0 aliphatic rings. The molecule has 0 aliphatic heterocycles. The molecular formula is C6H14N2. The molecule has 0 aromatic heterocycles. The molecule has 0 bridgehead atoms. The largest absolute Gasteiger partial charge is 0.323 e. The van der Waals surface area contributed by atoms with Crippen LogP contribution in [0.25, 0.3) is 0 Å². The van der Waals surface area contributed by atoms with E-state index in [0.29, 0.717) is 0 Å². The van der Waals surface area contributed by atoms with Crippen LogP contribution in [-0.2, 0) is 0 Å². The van der Waals surface area contributed by atoms with Gasteiger partial charge in [0.25, 0.3) is 0 Å². The highest BCUT2D eigenvalue weighted by Crippen LogP contribution is 1.88. The molecular weight excluding hydrogens is 100 g/mol. The van der Waals surface area contributed by atoms with Gasteiger partial charge in [-0.15, -0.1) is 0 Å². The Hall–Kier alpha value is -0.370. The fourth-order valence-electron chi connectivity index (χ4n) is 0.461. The van der Waals surface area contributed by atoms with Gasteiger partial charge in [-0.2, -0.15) is 0 Å². The maximum absolute atomic E-state index is 5.60. The van der Waals surface area contributed by atoms with Crippen LogP contribution in [0.15, 0.2) is 4.99 Å². The van der Waals surface area contributed by atoms with E-state index in [0.717, 1.165) is 12.1 Å². The van der Waals surface area contributed by atoms with Crippen molar-refractivity contribution in [3.8, 4) is 0 Å². The van der Waals surface area contributed by atoms with Gasteiger partial charge in [0, 0.05) is 18.8 Å². The first-order chi connectivity index (χ1) is 3.72. The summed E-state index contributed by atoms with van der Waals surface area (Å²) in [4.78, 5) is 3.95. The molecule has 0 amide bonds. The van der Waals surface area contributed by atoms with Gasteiger partial charge in [-0.1, -0.05) is 6.92 Å². The molecule has 8 heavy (non-hydrogen) atoms. The van der Waals surface area contributed by atoms with Crippen LogP contribution < -0.4 is 5.73 Å². The summed E-state index contributed by atoms with van der Waals surface area (Å²) in [6.45, 7) is 4.01. The van der Waals surface area contributed by atoms with Crippen molar-refractivity contribution in [2.45, 2.75) is 26.3 Å². The van der Waals surface area contributed by atoms with Gasteiger partial charge in [-0.3, -0.25) is 4.99 Å². The Morgan fingerprint density at radius 3 is 2.38 bits per heavy atom. The van der Waals surface area contributed by atoms with Gasteiger partial charge in [0.15, 0.2) is 0 Å². The second kappa shape index (κ2) is 3.61. The second-order valence-corrected chi connectivity index (χ2v) is 1.88. The van der Waals surface area contributed by atoms with E-state index in [1.807, 2.05) is 6.92 Å². The van der Waals surface area contributed by atoms with Gasteiger partial charge >= 0.3 is 0 Å². The van der Waals surface area contributed by atoms with Gasteiger partial charge in [-0.05, 0) is 13.3 Å². The summed E-state index contributed by atoms with van der Waals surface area (Å²) in [5.74, 6) is 0. The molecule has 2 nitrogen and oxygen atoms in total. The summed E-state index contributed by atoms with van der Waals surface area (Å²) in [6.07, 6.45) is 0.975. The Bertz CT molecular complexity index is 86.5. The molecule has 0 spiro atoms. The Balaban J connectivity index is 3.63. The normalized spacial score (nSPS) is 16.2. The van der Waals surface area contributed by atoms with E-state index in [4.69, 9.17) is 5.73 Å². The van der Waals surface area contributed by atoms with Crippen molar-refractivity contribution in [3.63, 3.8) is 0 Å². The fourth-order valence-corrected chi connectivity index (χ4v) is 0.461. The fraction of sp³-hybridized carbons (Fsp3) is 0.833. The number of hydrogen-bond donors (Lipinski definition) is 1. The van der Waals surface area contributed by atoms with E-state index < -0.39 is 0 Å². The molecule has 2 N–H and O–H groups in total. The summed E-state index contributed by atoms with van der Waals surface area (Å²) in [5.41, 5.74) is 6.63. The number of nitrogens with two attached hydrogens (primary N) is 1. The Morgan fingerprint density at radius 1 is 1.75 bits per heavy atom. The van der Waals surface area contributed by atoms with Crippen molar-refractivity contribution in [1.29, 1.82) is 0 Å². The summed E-state index contributed by atoms with van der Waals surface area (Å²) < 4.78 is 0. The molecule has 0 unspecified atom stereocenters. The molecule has 0 fully saturated rings. The molecule has 48 valence electrons. The van der Waals surface area contributed by atoms with Gasteiger partial charge in [-0.25, -0.2) is 0 Å². The van der Waals surface area contributed by atoms with Crippen LogP contribution in [0.3, 0.4) is 0 Å². The number of aliphatic imine (C=N–C) groups is 1. The molecule has 0 rings (SSSR count). The molecule has 0 saturated heterocycles. The van der Waals surface area contributed by atoms with Gasteiger partial charge in [0.05, 0.1) is 0 Å². The zero-order valence-corrected chi connectivity index (χ0v) is 5.81. The minimum absolute atomic E-state index is 0.167. The van der Waals surface area contributed by atoms with E-state index in [-0.39, 0.29) is 6.04 Å². The predicted octanol–water partition coefficient (Wildman–Crippen LogP) is 0.814. The molecule has 0 aliphatic carbocycles. The monoisotopic (exact) mass is 114 g/mol. The lowest BCUT2D eigenvalue weighted by atomic mass is 10.1. The highest BCUT2D eigenvalue weighted by molar-refractivity contribution is 5.86. The molecule has 0 aromatic rings. The third kappa shape index (κ3) is 2.07. The van der Waals surface area contributed by atoms with E-state index in [9.17, 15) is 0 Å². The smallest absolute Gasteiger partial charge is 0.0420 e. The molecule has 0 saturated carbocycles. The maximum atomic E-state index is 5.60. The van der Waals surface area contributed by atoms with Crippen LogP contribution in [-0.4, -0.2) is 18.8 Å². The van der Waals surface area contributed by atoms with Crippen molar-refractivity contribution in [3.05, 3.63) is 0 Å². The SMILES string of the molecule is CC[C@H](N)C(C)=NC. The lowest BCUT2D eigenvalue weighted by Gasteiger charge is -2.05. The third-order valence-corrected chi connectivity index (χ3v) is 1.33. The average molecular weight is 114 g/mol. The van der Waals surface area contributed by atoms with Gasteiger partial charge in [0.1, 0.15) is 0 Å². The molecule has 0 heterocycles. The quantitative estimate of drug-likeness (QED) is 0.530. The number of nitrogens with zero attached hydrogens (tertiary/aromatic N) is 1. The molecule has 0 radical (unpaired) electrons. The highest BCUT2D eigenvalue weighted by Gasteiger charge is 1.98. The van der Waals surface area contributed by atoms with Crippen LogP contribution in [0.1, 0.15) is 20.3 Å². The van der Waals surface area contributed by atoms with Crippen LogP contribution in [0, 0.1) is 0 Å². The van der Waals surface area contributed by atoms with Crippen LogP contribution in [0.5, 0.6) is 0 Å². The summed E-state index contributed by atoms with van der Waals surface area (Å²) in [6, 6.07) is 0.167. The van der Waals surface area contributed by atoms with Crippen molar-refractivity contribution in [2.24, 2.45) is 10.7 Å². The van der Waals surface area contributed by atoms with Gasteiger partial charge in [0.2, 0.25) is 0 Å². The lowest BCUT2D eigenvalue weighted by molar-refractivity contribution is 0.814. The standard InChI is InChI=1S/C6H14N2/c1-4-6(7)5(2)8-3/h6H,4,7H2,1-3H3/t6-/m0/s1. The van der Waals surface area contributed by atoms with Crippen molar-refractivity contribution < 1.29 is 0 Å². The van der Waals surface area contributed by atoms with Crippen LogP contribution in [0.2, 0.25) is 0 Å². The summed E-state index contributed by atoms with van der Waals surface area (Å²) in [5, 5.41) is 0. The molecule has 0 aromatic carbocycles. The first kappa shape index (κ1) is 7.63. The predicted molar refractivity (Wildman–Crippen MR) is 37.3 cm³/mol. The van der Waals surface area contributed by atoms with Crippen LogP contribution in [0.4, 0.5) is 0 Å². The van der Waals surface area contributed by atoms with Gasteiger partial charge < -0.3 is 5.73 Å². The first-order valence-corrected chi connectivity index (χ1v) is 2.91. The van der Waals surface area contributed by atoms with E-state index >= 15 is 0 Å². The lowest BCUT2D eigenvalue weighted by Crippen LogP contribution is -2.27. The van der Waals surface area contributed by atoms with Crippen LogP contribution >= 0.6 is 0 Å². The number of hydrogen-bond acceptors (Lipinski definition) is 2. The first-order valence-electron chi connectivity index (χ1n) is 2.91. The van der Waals surface area contributed by atoms with E-state index in [2.05, 4.69) is 11.9 Å². The average Bonchev–Trinajstić information content (AvgIpc) is 1.84. The van der Waals surface area contributed by atoms with Crippen molar-refractivity contribution in [1.82, 2.24) is 0 Å². The highest BCUT2D eigenvalue weighted by atomic mass is 14.8. The number of rotatable bonds is 2. The zero-order chi connectivity index (χ0) is 6.57. The summed E-state index contributed by atoms with van der Waals surface area (Å²) >= 11 is 0. The molecule has 2 heteroatoms. The Morgan fingerprint density at radius 2 is 2.25 bits per heavy atom. The van der Waals surface area contributed by atoms with Crippen molar-refractivity contribution >= 4 is 5.71 Å². The van der Waals surface area contributed by atoms with E-state index in [1.54, 1.807) is 7.05 Å². The molecule has 1 atom stereocenters. The van der Waals surface area contributed by atoms with E-state index in [1.165, 1.54) is 0 Å². The topological polar surface area (TPSA) is 38.4 Å². The minimum atomic E-state index is 0.167. The third-order valence-electron chi connectivity index (χ3n) is 1.33. The Labute approximate surface area is 50.8 Å². The second-order valence-electron chi connectivity index (χ2n) is 1.88. The zero-order valence-electron chi connectivity index (χ0n) is 5.81. The van der Waals surface area contributed by atoms with Crippen molar-refractivity contribution in [2.75, 3.05) is 7.05 Å². The minimum Gasteiger partial charge on any atom is -0.323 e. The maximum Gasteiger partial charge on any atom is 0.0420 e. The summed E-state index contributed by atoms with van der Waals surface area (Å²) in [7, 11) is 1.77.